The first-order valence-electron chi connectivity index (χ1n) is 10.3. The summed E-state index contributed by atoms with van der Waals surface area (Å²) >= 11 is 1.80. The van der Waals surface area contributed by atoms with E-state index in [0.29, 0.717) is 6.61 Å². The molecule has 2 aliphatic rings. The number of morpholine rings is 1. The predicted octanol–water partition coefficient (Wildman–Crippen LogP) is 2.31. The average molecular weight is 548 g/mol. The number of aliphatic imine (C=N–C) groups is 1. The molecule has 2 atom stereocenters. The van der Waals surface area contributed by atoms with Crippen LogP contribution in [0.5, 0.6) is 0 Å². The van der Waals surface area contributed by atoms with E-state index in [1.807, 2.05) is 6.07 Å². The first-order chi connectivity index (χ1) is 14.1. The van der Waals surface area contributed by atoms with Crippen LogP contribution in [0.2, 0.25) is 0 Å². The molecule has 2 saturated heterocycles. The van der Waals surface area contributed by atoms with Gasteiger partial charge in [0.05, 0.1) is 12.7 Å². The second kappa shape index (κ2) is 13.4. The Morgan fingerprint density at radius 3 is 2.70 bits per heavy atom. The molecule has 0 bridgehead atoms. The first kappa shape index (κ1) is 25.2. The highest BCUT2D eigenvalue weighted by atomic mass is 127. The van der Waals surface area contributed by atoms with Gasteiger partial charge < -0.3 is 24.6 Å². The maximum absolute atomic E-state index is 12.0. The van der Waals surface area contributed by atoms with Crippen LogP contribution in [0, 0.1) is 0 Å². The van der Waals surface area contributed by atoms with Crippen molar-refractivity contribution in [3.05, 3.63) is 30.3 Å². The van der Waals surface area contributed by atoms with Gasteiger partial charge in [0.2, 0.25) is 5.91 Å². The van der Waals surface area contributed by atoms with Crippen LogP contribution < -0.4 is 5.32 Å². The topological polar surface area (TPSA) is 66.4 Å². The number of ether oxygens (including phenoxy) is 2. The lowest BCUT2D eigenvalue weighted by Gasteiger charge is -2.37. The van der Waals surface area contributed by atoms with Crippen LogP contribution in [0.3, 0.4) is 0 Å². The summed E-state index contributed by atoms with van der Waals surface area (Å²) in [5, 5.41) is 3.45. The second-order valence-electron chi connectivity index (χ2n) is 7.42. The molecule has 1 amide bonds. The molecule has 2 fully saturated rings. The van der Waals surface area contributed by atoms with Crippen molar-refractivity contribution in [2.75, 3.05) is 59.2 Å². The van der Waals surface area contributed by atoms with Gasteiger partial charge >= 0.3 is 0 Å². The van der Waals surface area contributed by atoms with Crippen LogP contribution >= 0.6 is 35.7 Å². The van der Waals surface area contributed by atoms with Gasteiger partial charge in [-0.15, -0.1) is 35.7 Å². The van der Waals surface area contributed by atoms with Gasteiger partial charge in [0.1, 0.15) is 12.6 Å². The normalized spacial score (nSPS) is 21.8. The molecule has 0 spiro atoms. The maximum Gasteiger partial charge on any atom is 0.243 e. The summed E-state index contributed by atoms with van der Waals surface area (Å²) in [6.45, 7) is 3.87. The smallest absolute Gasteiger partial charge is 0.243 e. The third kappa shape index (κ3) is 7.90. The third-order valence-corrected chi connectivity index (χ3v) is 6.05. The third-order valence-electron chi connectivity index (χ3n) is 5.03. The second-order valence-corrected chi connectivity index (χ2v) is 8.59. The predicted molar refractivity (Wildman–Crippen MR) is 132 cm³/mol. The molecular formula is C21H33IN4O3S. The number of rotatable bonds is 7. The number of nitrogens with one attached hydrogen (secondary N) is 1. The number of halogens is 1. The Bertz CT molecular complexity index is 671. The van der Waals surface area contributed by atoms with E-state index >= 15 is 0 Å². The van der Waals surface area contributed by atoms with Crippen molar-refractivity contribution in [2.45, 2.75) is 29.9 Å². The fourth-order valence-electron chi connectivity index (χ4n) is 3.39. The van der Waals surface area contributed by atoms with E-state index in [1.165, 1.54) is 4.90 Å². The van der Waals surface area contributed by atoms with Crippen molar-refractivity contribution in [1.82, 2.24) is 15.1 Å². The molecule has 1 N–H and O–H groups in total. The monoisotopic (exact) mass is 548 g/mol. The Balaban J connectivity index is 0.00000320. The first-order valence-corrected chi connectivity index (χ1v) is 11.3. The molecular weight excluding hydrogens is 515 g/mol. The minimum Gasteiger partial charge on any atom is -0.375 e. The van der Waals surface area contributed by atoms with E-state index in [1.54, 1.807) is 30.8 Å². The lowest BCUT2D eigenvalue weighted by atomic mass is 10.1. The van der Waals surface area contributed by atoms with E-state index in [0.717, 1.165) is 50.8 Å². The van der Waals surface area contributed by atoms with Crippen molar-refractivity contribution in [3.63, 3.8) is 0 Å². The molecule has 168 valence electrons. The van der Waals surface area contributed by atoms with Gasteiger partial charge in [-0.1, -0.05) is 18.2 Å². The number of hydrogen-bond acceptors (Lipinski definition) is 5. The number of carbonyl (C=O) groups excluding carboxylic acids is 1. The molecule has 0 radical (unpaired) electrons. The van der Waals surface area contributed by atoms with Crippen LogP contribution in [0.1, 0.15) is 12.8 Å². The van der Waals surface area contributed by atoms with Gasteiger partial charge in [-0.05, 0) is 25.0 Å². The zero-order valence-electron chi connectivity index (χ0n) is 17.8. The molecule has 1 aromatic carbocycles. The molecule has 30 heavy (non-hydrogen) atoms. The lowest BCUT2D eigenvalue weighted by molar-refractivity contribution is -0.127. The number of likely N-dealkylation sites (N-methyl/N-ethyl adjacent to an activating group) is 1. The summed E-state index contributed by atoms with van der Waals surface area (Å²) in [4.78, 5) is 21.7. The van der Waals surface area contributed by atoms with E-state index in [9.17, 15) is 4.79 Å². The highest BCUT2D eigenvalue weighted by Gasteiger charge is 2.32. The molecule has 7 nitrogen and oxygen atoms in total. The van der Waals surface area contributed by atoms with Gasteiger partial charge in [0.25, 0.3) is 0 Å². The maximum atomic E-state index is 12.0. The minimum absolute atomic E-state index is 0. The van der Waals surface area contributed by atoms with Crippen LogP contribution in [0.15, 0.2) is 40.2 Å². The number of nitrogens with zero attached hydrogens (tertiary/aromatic N) is 3. The molecule has 0 saturated carbocycles. The highest BCUT2D eigenvalue weighted by molar-refractivity contribution is 14.0. The van der Waals surface area contributed by atoms with Crippen LogP contribution in [-0.4, -0.2) is 93.1 Å². The SMILES string of the molecule is CN(C)C(=O)CN=C(NCCSc1ccccc1)N1CCOC(C2CCCO2)C1.I. The fraction of sp³-hybridized carbons (Fsp3) is 0.619. The van der Waals surface area contributed by atoms with Gasteiger partial charge in [-0.2, -0.15) is 0 Å². The Kier molecular flexibility index (Phi) is 11.3. The molecule has 2 unspecified atom stereocenters. The molecule has 2 heterocycles. The average Bonchev–Trinajstić information content (AvgIpc) is 3.29. The van der Waals surface area contributed by atoms with Crippen LogP contribution in [0.25, 0.3) is 0 Å². The highest BCUT2D eigenvalue weighted by Crippen LogP contribution is 2.21. The minimum atomic E-state index is -0.00750. The lowest BCUT2D eigenvalue weighted by Crippen LogP contribution is -2.53. The van der Waals surface area contributed by atoms with Gasteiger partial charge in [0, 0.05) is 51.0 Å². The van der Waals surface area contributed by atoms with E-state index in [4.69, 9.17) is 9.47 Å². The Labute approximate surface area is 201 Å². The number of guanidine groups is 1. The van der Waals surface area contributed by atoms with Crippen molar-refractivity contribution >= 4 is 47.6 Å². The van der Waals surface area contributed by atoms with E-state index in [2.05, 4.69) is 39.5 Å². The van der Waals surface area contributed by atoms with Crippen molar-refractivity contribution in [1.29, 1.82) is 0 Å². The molecule has 0 aliphatic carbocycles. The standard InChI is InChI=1S/C21H32N4O3S.HI/c1-24(2)20(26)15-23-21(22-10-14-29-17-7-4-3-5-8-17)25-11-13-28-19(16-25)18-9-6-12-27-18;/h3-5,7-8,18-19H,6,9-16H2,1-2H3,(H,22,23);1H. The number of hydrogen-bond donors (Lipinski definition) is 1. The van der Waals surface area contributed by atoms with Gasteiger partial charge in [0.15, 0.2) is 5.96 Å². The Morgan fingerprint density at radius 2 is 2.00 bits per heavy atom. The molecule has 1 aromatic rings. The Morgan fingerprint density at radius 1 is 1.23 bits per heavy atom. The van der Waals surface area contributed by atoms with E-state index < -0.39 is 0 Å². The van der Waals surface area contributed by atoms with E-state index in [-0.39, 0.29) is 48.6 Å². The summed E-state index contributed by atoms with van der Waals surface area (Å²) in [5.74, 6) is 1.69. The zero-order valence-corrected chi connectivity index (χ0v) is 20.9. The quantitative estimate of drug-likeness (QED) is 0.186. The summed E-state index contributed by atoms with van der Waals surface area (Å²) in [6.07, 6.45) is 2.36. The zero-order chi connectivity index (χ0) is 20.5. The number of benzene rings is 1. The molecule has 9 heteroatoms. The fourth-order valence-corrected chi connectivity index (χ4v) is 4.18. The molecule has 2 aliphatic heterocycles. The molecule has 3 rings (SSSR count). The van der Waals surface area contributed by atoms with Crippen molar-refractivity contribution in [3.8, 4) is 0 Å². The molecule has 0 aromatic heterocycles. The number of amides is 1. The number of carbonyl (C=O) groups is 1. The summed E-state index contributed by atoms with van der Waals surface area (Å²) in [5.41, 5.74) is 0. The van der Waals surface area contributed by atoms with Crippen molar-refractivity contribution < 1.29 is 14.3 Å². The van der Waals surface area contributed by atoms with Crippen LogP contribution in [-0.2, 0) is 14.3 Å². The Hall–Kier alpha value is -1.04. The van der Waals surface area contributed by atoms with Gasteiger partial charge in [-0.3, -0.25) is 4.79 Å². The van der Waals surface area contributed by atoms with Crippen molar-refractivity contribution in [2.24, 2.45) is 4.99 Å². The van der Waals surface area contributed by atoms with Gasteiger partial charge in [-0.25, -0.2) is 4.99 Å². The summed E-state index contributed by atoms with van der Waals surface area (Å²) in [7, 11) is 3.51. The van der Waals surface area contributed by atoms with Crippen LogP contribution in [0.4, 0.5) is 0 Å². The summed E-state index contributed by atoms with van der Waals surface area (Å²) < 4.78 is 11.8. The number of thioether (sulfide) groups is 1. The largest absolute Gasteiger partial charge is 0.375 e. The summed E-state index contributed by atoms with van der Waals surface area (Å²) in [6, 6.07) is 10.4.